The monoisotopic (exact) mass is 324 g/mol. The van der Waals surface area contributed by atoms with Crippen molar-refractivity contribution in [1.82, 2.24) is 0 Å². The highest BCUT2D eigenvalue weighted by molar-refractivity contribution is 7.87. The van der Waals surface area contributed by atoms with Crippen LogP contribution in [-0.4, -0.2) is 20.8 Å². The highest BCUT2D eigenvalue weighted by Gasteiger charge is 2.31. The highest BCUT2D eigenvalue weighted by atomic mass is 32.2. The lowest BCUT2D eigenvalue weighted by Gasteiger charge is -2.25. The van der Waals surface area contributed by atoms with E-state index in [2.05, 4.69) is 6.07 Å². The molecule has 1 saturated carbocycles. The van der Waals surface area contributed by atoms with E-state index in [0.29, 0.717) is 24.9 Å². The first-order valence-corrected chi connectivity index (χ1v) is 8.77. The zero-order chi connectivity index (χ0) is 16.0. The molecule has 0 unspecified atom stereocenters. The first-order valence-electron chi connectivity index (χ1n) is 7.30. The summed E-state index contributed by atoms with van der Waals surface area (Å²) >= 11 is 0. The molecule has 0 saturated heterocycles. The van der Waals surface area contributed by atoms with Gasteiger partial charge in [0.1, 0.15) is 0 Å². The number of rotatable bonds is 6. The van der Waals surface area contributed by atoms with Crippen molar-refractivity contribution < 1.29 is 17.5 Å². The van der Waals surface area contributed by atoms with Gasteiger partial charge in [-0.25, -0.2) is 0 Å². The van der Waals surface area contributed by atoms with Gasteiger partial charge in [0, 0.05) is 0 Å². The Hall–Kier alpha value is -1.62. The van der Waals surface area contributed by atoms with Crippen molar-refractivity contribution in [2.24, 2.45) is 0 Å². The number of hydrogen-bond donors (Lipinski definition) is 0. The van der Waals surface area contributed by atoms with Crippen LogP contribution in [0.3, 0.4) is 0 Å². The first kappa shape index (κ1) is 16.7. The average Bonchev–Trinajstić information content (AvgIpc) is 2.55. The standard InChI is InChI=1S/C15H20N2O4S/c1-20-17(14-9-7-13(8-10-14)11-12-16)21-22(18,19)15-5-3-2-4-6-15/h7-10,15H,2-6,11H2,1H3. The molecule has 0 aromatic heterocycles. The Kier molecular flexibility index (Phi) is 5.77. The SMILES string of the molecule is CON(OS(=O)(=O)C1CCCCC1)c1ccc(CC#N)cc1. The third-order valence-corrected chi connectivity index (χ3v) is 5.36. The zero-order valence-electron chi connectivity index (χ0n) is 12.6. The summed E-state index contributed by atoms with van der Waals surface area (Å²) < 4.78 is 29.8. The molecule has 7 heteroatoms. The molecule has 1 aromatic rings. The maximum atomic E-state index is 12.3. The van der Waals surface area contributed by atoms with E-state index in [1.807, 2.05) is 0 Å². The zero-order valence-corrected chi connectivity index (χ0v) is 13.4. The topological polar surface area (TPSA) is 79.6 Å². The minimum absolute atomic E-state index is 0.300. The third-order valence-electron chi connectivity index (χ3n) is 3.73. The lowest BCUT2D eigenvalue weighted by Crippen LogP contribution is -2.33. The third kappa shape index (κ3) is 4.19. The van der Waals surface area contributed by atoms with Gasteiger partial charge >= 0.3 is 0 Å². The van der Waals surface area contributed by atoms with Crippen molar-refractivity contribution in [3.8, 4) is 6.07 Å². The van der Waals surface area contributed by atoms with Gasteiger partial charge in [-0.3, -0.25) is 4.84 Å². The maximum absolute atomic E-state index is 12.3. The van der Waals surface area contributed by atoms with E-state index in [0.717, 1.165) is 30.1 Å². The van der Waals surface area contributed by atoms with Crippen LogP contribution >= 0.6 is 0 Å². The van der Waals surface area contributed by atoms with Gasteiger partial charge in [-0.1, -0.05) is 31.4 Å². The summed E-state index contributed by atoms with van der Waals surface area (Å²) in [6.07, 6.45) is 4.43. The molecular weight excluding hydrogens is 304 g/mol. The molecule has 120 valence electrons. The molecule has 0 aliphatic heterocycles. The average molecular weight is 324 g/mol. The maximum Gasteiger partial charge on any atom is 0.292 e. The number of nitriles is 1. The molecular formula is C15H20N2O4S. The Bertz CT molecular complexity index is 616. The van der Waals surface area contributed by atoms with Crippen LogP contribution in [0, 0.1) is 11.3 Å². The molecule has 1 fully saturated rings. The van der Waals surface area contributed by atoms with Crippen LogP contribution in [0.5, 0.6) is 0 Å². The molecule has 2 rings (SSSR count). The van der Waals surface area contributed by atoms with Gasteiger partial charge < -0.3 is 0 Å². The van der Waals surface area contributed by atoms with Crippen LogP contribution in [0.2, 0.25) is 0 Å². The normalized spacial score (nSPS) is 16.2. The van der Waals surface area contributed by atoms with E-state index in [4.69, 9.17) is 14.4 Å². The van der Waals surface area contributed by atoms with E-state index < -0.39 is 15.4 Å². The Balaban J connectivity index is 2.09. The Labute approximate surface area is 131 Å². The summed E-state index contributed by atoms with van der Waals surface area (Å²) in [6.45, 7) is 0. The van der Waals surface area contributed by atoms with Crippen LogP contribution in [-0.2, 0) is 25.7 Å². The van der Waals surface area contributed by atoms with Crippen molar-refractivity contribution in [3.63, 3.8) is 0 Å². The molecule has 1 aliphatic rings. The second-order valence-electron chi connectivity index (χ2n) is 5.27. The molecule has 6 nitrogen and oxygen atoms in total. The first-order chi connectivity index (χ1) is 10.6. The van der Waals surface area contributed by atoms with E-state index in [1.54, 1.807) is 24.3 Å². The molecule has 0 N–H and O–H groups in total. The molecule has 0 atom stereocenters. The molecule has 0 spiro atoms. The van der Waals surface area contributed by atoms with Crippen molar-refractivity contribution in [1.29, 1.82) is 5.26 Å². The van der Waals surface area contributed by atoms with Crippen molar-refractivity contribution in [3.05, 3.63) is 29.8 Å². The van der Waals surface area contributed by atoms with Crippen LogP contribution in [0.1, 0.15) is 37.7 Å². The van der Waals surface area contributed by atoms with Crippen LogP contribution < -0.4 is 5.23 Å². The Morgan fingerprint density at radius 2 is 1.86 bits per heavy atom. The molecule has 22 heavy (non-hydrogen) atoms. The molecule has 0 bridgehead atoms. The van der Waals surface area contributed by atoms with E-state index >= 15 is 0 Å². The van der Waals surface area contributed by atoms with Gasteiger partial charge in [0.15, 0.2) is 0 Å². The summed E-state index contributed by atoms with van der Waals surface area (Å²) in [6, 6.07) is 8.85. The van der Waals surface area contributed by atoms with Crippen molar-refractivity contribution in [2.75, 3.05) is 12.3 Å². The van der Waals surface area contributed by atoms with E-state index in [-0.39, 0.29) is 0 Å². The van der Waals surface area contributed by atoms with Gasteiger partial charge in [0.2, 0.25) is 0 Å². The number of nitrogens with zero attached hydrogens (tertiary/aromatic N) is 2. The fraction of sp³-hybridized carbons (Fsp3) is 0.533. The summed E-state index contributed by atoms with van der Waals surface area (Å²) in [5, 5.41) is 9.08. The highest BCUT2D eigenvalue weighted by Crippen LogP contribution is 2.27. The van der Waals surface area contributed by atoms with E-state index in [1.165, 1.54) is 7.11 Å². The van der Waals surface area contributed by atoms with Crippen LogP contribution in [0.4, 0.5) is 5.69 Å². The quantitative estimate of drug-likeness (QED) is 0.749. The van der Waals surface area contributed by atoms with Gasteiger partial charge in [0.05, 0.1) is 30.5 Å². The minimum atomic E-state index is -3.71. The molecule has 0 amide bonds. The van der Waals surface area contributed by atoms with Crippen molar-refractivity contribution >= 4 is 15.8 Å². The Morgan fingerprint density at radius 3 is 2.41 bits per heavy atom. The fourth-order valence-electron chi connectivity index (χ4n) is 2.51. The van der Waals surface area contributed by atoms with Crippen LogP contribution in [0.15, 0.2) is 24.3 Å². The minimum Gasteiger partial charge on any atom is -0.251 e. The summed E-state index contributed by atoms with van der Waals surface area (Å²) in [5.74, 6) is 0. The van der Waals surface area contributed by atoms with Crippen LogP contribution in [0.25, 0.3) is 0 Å². The van der Waals surface area contributed by atoms with E-state index in [9.17, 15) is 8.42 Å². The predicted molar refractivity (Wildman–Crippen MR) is 82.1 cm³/mol. The molecule has 1 aliphatic carbocycles. The smallest absolute Gasteiger partial charge is 0.251 e. The summed E-state index contributed by atoms with van der Waals surface area (Å²) in [5.41, 5.74) is 1.31. The van der Waals surface area contributed by atoms with Gasteiger partial charge in [0.25, 0.3) is 10.1 Å². The summed E-state index contributed by atoms with van der Waals surface area (Å²) in [7, 11) is -2.37. The van der Waals surface area contributed by atoms with Gasteiger partial charge in [-0.2, -0.15) is 13.7 Å². The number of anilines is 1. The summed E-state index contributed by atoms with van der Waals surface area (Å²) in [4.78, 5) is 5.03. The molecule has 0 heterocycles. The number of benzene rings is 1. The number of hydrogen-bond acceptors (Lipinski definition) is 6. The lowest BCUT2D eigenvalue weighted by molar-refractivity contribution is 0.0120. The molecule has 0 radical (unpaired) electrons. The lowest BCUT2D eigenvalue weighted by atomic mass is 10.0. The second kappa shape index (κ2) is 7.58. The van der Waals surface area contributed by atoms with Gasteiger partial charge in [-0.15, -0.1) is 9.51 Å². The second-order valence-corrected chi connectivity index (χ2v) is 7.07. The largest absolute Gasteiger partial charge is 0.292 e. The van der Waals surface area contributed by atoms with Gasteiger partial charge in [-0.05, 0) is 30.5 Å². The molecule has 1 aromatic carbocycles. The van der Waals surface area contributed by atoms with Crippen molar-refractivity contribution in [2.45, 2.75) is 43.8 Å². The predicted octanol–water partition coefficient (Wildman–Crippen LogP) is 2.71. The Morgan fingerprint density at radius 1 is 1.23 bits per heavy atom. The fourth-order valence-corrected chi connectivity index (χ4v) is 3.88.